The van der Waals surface area contributed by atoms with E-state index in [-0.39, 0.29) is 0 Å². The SMILES string of the molecule is CC(Cc1cccs1)N(C)c1cc(NN)ncn1. The van der Waals surface area contributed by atoms with Crippen LogP contribution in [0.4, 0.5) is 11.6 Å². The van der Waals surface area contributed by atoms with Gasteiger partial charge in [0.15, 0.2) is 0 Å². The maximum atomic E-state index is 5.35. The number of thiophene rings is 1. The van der Waals surface area contributed by atoms with Crippen LogP contribution in [0.2, 0.25) is 0 Å². The Morgan fingerprint density at radius 1 is 1.50 bits per heavy atom. The van der Waals surface area contributed by atoms with Crippen LogP contribution in [0.1, 0.15) is 11.8 Å². The van der Waals surface area contributed by atoms with E-state index in [0.29, 0.717) is 11.9 Å². The van der Waals surface area contributed by atoms with Gasteiger partial charge in [-0.05, 0) is 18.4 Å². The minimum Gasteiger partial charge on any atom is -0.356 e. The number of hydrazine groups is 1. The minimum atomic E-state index is 0.365. The zero-order chi connectivity index (χ0) is 13.0. The molecule has 6 heteroatoms. The third kappa shape index (κ3) is 2.96. The number of nitrogen functional groups attached to an aromatic ring is 1. The molecular weight excluding hydrogens is 246 g/mol. The van der Waals surface area contributed by atoms with Gasteiger partial charge in [0.2, 0.25) is 0 Å². The molecule has 2 heterocycles. The Hall–Kier alpha value is -1.66. The van der Waals surface area contributed by atoms with Crippen molar-refractivity contribution in [2.75, 3.05) is 17.4 Å². The monoisotopic (exact) mass is 263 g/mol. The summed E-state index contributed by atoms with van der Waals surface area (Å²) in [6.45, 7) is 2.18. The Kier molecular flexibility index (Phi) is 4.11. The van der Waals surface area contributed by atoms with Gasteiger partial charge < -0.3 is 10.3 Å². The van der Waals surface area contributed by atoms with Crippen molar-refractivity contribution in [1.29, 1.82) is 0 Å². The van der Waals surface area contributed by atoms with Crippen LogP contribution in [0.3, 0.4) is 0 Å². The average Bonchev–Trinajstić information content (AvgIpc) is 2.90. The molecule has 5 nitrogen and oxygen atoms in total. The van der Waals surface area contributed by atoms with Crippen LogP contribution in [-0.4, -0.2) is 23.1 Å². The zero-order valence-corrected chi connectivity index (χ0v) is 11.3. The Balaban J connectivity index is 2.07. The van der Waals surface area contributed by atoms with Crippen LogP contribution >= 0.6 is 11.3 Å². The summed E-state index contributed by atoms with van der Waals surface area (Å²) < 4.78 is 0. The lowest BCUT2D eigenvalue weighted by atomic mass is 10.2. The Morgan fingerprint density at radius 3 is 3.00 bits per heavy atom. The third-order valence-electron chi connectivity index (χ3n) is 2.90. The molecule has 0 saturated carbocycles. The summed E-state index contributed by atoms with van der Waals surface area (Å²) in [6.07, 6.45) is 2.52. The van der Waals surface area contributed by atoms with Crippen molar-refractivity contribution >= 4 is 23.0 Å². The van der Waals surface area contributed by atoms with Crippen LogP contribution in [0.25, 0.3) is 0 Å². The fourth-order valence-corrected chi connectivity index (χ4v) is 2.53. The molecule has 0 radical (unpaired) electrons. The highest BCUT2D eigenvalue weighted by molar-refractivity contribution is 7.09. The number of hydrogen-bond acceptors (Lipinski definition) is 6. The van der Waals surface area contributed by atoms with E-state index >= 15 is 0 Å². The Labute approximate surface area is 111 Å². The summed E-state index contributed by atoms with van der Waals surface area (Å²) in [5, 5.41) is 2.10. The molecule has 18 heavy (non-hydrogen) atoms. The van der Waals surface area contributed by atoms with E-state index < -0.39 is 0 Å². The van der Waals surface area contributed by atoms with Gasteiger partial charge in [0.25, 0.3) is 0 Å². The summed E-state index contributed by atoms with van der Waals surface area (Å²) >= 11 is 1.78. The number of anilines is 2. The summed E-state index contributed by atoms with van der Waals surface area (Å²) in [5.74, 6) is 6.83. The number of nitrogens with zero attached hydrogens (tertiary/aromatic N) is 3. The second kappa shape index (κ2) is 5.79. The largest absolute Gasteiger partial charge is 0.356 e. The van der Waals surface area contributed by atoms with Crippen LogP contribution in [0, 0.1) is 0 Å². The van der Waals surface area contributed by atoms with Crippen LogP contribution < -0.4 is 16.2 Å². The number of hydrogen-bond donors (Lipinski definition) is 2. The van der Waals surface area contributed by atoms with Crippen molar-refractivity contribution in [3.05, 3.63) is 34.8 Å². The molecule has 0 aliphatic rings. The lowest BCUT2D eigenvalue weighted by Crippen LogP contribution is -2.31. The fraction of sp³-hybridized carbons (Fsp3) is 0.333. The predicted octanol–water partition coefficient (Wildman–Crippen LogP) is 1.89. The number of nitrogens with two attached hydrogens (primary N) is 1. The van der Waals surface area contributed by atoms with Gasteiger partial charge in [-0.2, -0.15) is 0 Å². The van der Waals surface area contributed by atoms with E-state index in [1.165, 1.54) is 11.2 Å². The van der Waals surface area contributed by atoms with Crippen molar-refractivity contribution in [3.63, 3.8) is 0 Å². The highest BCUT2D eigenvalue weighted by atomic mass is 32.1. The molecule has 0 aromatic carbocycles. The Morgan fingerprint density at radius 2 is 2.33 bits per heavy atom. The number of rotatable bonds is 5. The highest BCUT2D eigenvalue weighted by Gasteiger charge is 2.13. The van der Waals surface area contributed by atoms with E-state index in [0.717, 1.165) is 12.2 Å². The van der Waals surface area contributed by atoms with Crippen molar-refractivity contribution in [3.8, 4) is 0 Å². The minimum absolute atomic E-state index is 0.365. The van der Waals surface area contributed by atoms with E-state index in [2.05, 4.69) is 44.7 Å². The van der Waals surface area contributed by atoms with Crippen molar-refractivity contribution in [2.24, 2.45) is 5.84 Å². The number of aromatic nitrogens is 2. The molecule has 2 rings (SSSR count). The number of nitrogens with one attached hydrogen (secondary N) is 1. The highest BCUT2D eigenvalue weighted by Crippen LogP contribution is 2.18. The topological polar surface area (TPSA) is 67.1 Å². The van der Waals surface area contributed by atoms with Gasteiger partial charge in [0.1, 0.15) is 18.0 Å². The molecule has 96 valence electrons. The molecule has 1 unspecified atom stereocenters. The summed E-state index contributed by atoms with van der Waals surface area (Å²) in [4.78, 5) is 11.8. The van der Waals surface area contributed by atoms with Gasteiger partial charge in [-0.15, -0.1) is 11.3 Å². The van der Waals surface area contributed by atoms with Crippen LogP contribution in [0.5, 0.6) is 0 Å². The molecule has 3 N–H and O–H groups in total. The van der Waals surface area contributed by atoms with Gasteiger partial charge >= 0.3 is 0 Å². The summed E-state index contributed by atoms with van der Waals surface area (Å²) in [5.41, 5.74) is 2.53. The van der Waals surface area contributed by atoms with Gasteiger partial charge in [-0.1, -0.05) is 6.07 Å². The maximum Gasteiger partial charge on any atom is 0.145 e. The molecule has 0 saturated heterocycles. The quantitative estimate of drug-likeness (QED) is 0.637. The second-order valence-corrected chi connectivity index (χ2v) is 5.18. The van der Waals surface area contributed by atoms with E-state index in [1.807, 2.05) is 13.1 Å². The smallest absolute Gasteiger partial charge is 0.145 e. The summed E-state index contributed by atoms with van der Waals surface area (Å²) in [7, 11) is 2.03. The van der Waals surface area contributed by atoms with Gasteiger partial charge in [0.05, 0.1) is 0 Å². The molecule has 0 aliphatic heterocycles. The normalized spacial score (nSPS) is 12.2. The average molecular weight is 263 g/mol. The van der Waals surface area contributed by atoms with E-state index in [9.17, 15) is 0 Å². The second-order valence-electron chi connectivity index (χ2n) is 4.15. The van der Waals surface area contributed by atoms with Crippen LogP contribution in [-0.2, 0) is 6.42 Å². The lowest BCUT2D eigenvalue weighted by molar-refractivity contribution is 0.679. The van der Waals surface area contributed by atoms with Crippen molar-refractivity contribution < 1.29 is 0 Å². The van der Waals surface area contributed by atoms with Gasteiger partial charge in [0, 0.05) is 30.5 Å². The predicted molar refractivity (Wildman–Crippen MR) is 75.7 cm³/mol. The fourth-order valence-electron chi connectivity index (χ4n) is 1.70. The number of likely N-dealkylation sites (N-methyl/N-ethyl adjacent to an activating group) is 1. The molecule has 2 aromatic heterocycles. The standard InChI is InChI=1S/C12H17N5S/c1-9(6-10-4-3-5-18-10)17(2)12-7-11(16-13)14-8-15-12/h3-5,7-9H,6,13H2,1-2H3,(H,14,15,16). The first-order valence-corrected chi connectivity index (χ1v) is 6.62. The third-order valence-corrected chi connectivity index (χ3v) is 3.80. The first-order valence-electron chi connectivity index (χ1n) is 5.74. The van der Waals surface area contributed by atoms with Crippen LogP contribution in [0.15, 0.2) is 29.9 Å². The molecule has 0 amide bonds. The van der Waals surface area contributed by atoms with E-state index in [1.54, 1.807) is 11.3 Å². The molecule has 0 bridgehead atoms. The van der Waals surface area contributed by atoms with Crippen molar-refractivity contribution in [2.45, 2.75) is 19.4 Å². The Bertz CT molecular complexity index is 485. The molecule has 1 atom stereocenters. The molecule has 2 aromatic rings. The molecule has 0 fully saturated rings. The van der Waals surface area contributed by atoms with E-state index in [4.69, 9.17) is 5.84 Å². The lowest BCUT2D eigenvalue weighted by Gasteiger charge is -2.25. The van der Waals surface area contributed by atoms with Gasteiger partial charge in [-0.3, -0.25) is 0 Å². The zero-order valence-electron chi connectivity index (χ0n) is 10.5. The van der Waals surface area contributed by atoms with Crippen molar-refractivity contribution in [1.82, 2.24) is 9.97 Å². The first kappa shape index (κ1) is 12.8. The first-order chi connectivity index (χ1) is 8.70. The molecular formula is C12H17N5S. The molecule has 0 spiro atoms. The maximum absolute atomic E-state index is 5.35. The molecule has 0 aliphatic carbocycles. The summed E-state index contributed by atoms with van der Waals surface area (Å²) in [6, 6.07) is 6.44. The van der Waals surface area contributed by atoms with Gasteiger partial charge in [-0.25, -0.2) is 15.8 Å².